The molecular formula is C27H26N4O4. The van der Waals surface area contributed by atoms with Gasteiger partial charge in [-0.05, 0) is 28.8 Å². The number of amides is 1. The van der Waals surface area contributed by atoms with Crippen LogP contribution in [0.4, 0.5) is 11.5 Å². The van der Waals surface area contributed by atoms with Crippen LogP contribution in [-0.4, -0.2) is 22.6 Å². The summed E-state index contributed by atoms with van der Waals surface area (Å²) in [6.07, 6.45) is 0.0146. The second-order valence-electron chi connectivity index (χ2n) is 8.06. The number of ether oxygens (including phenoxy) is 1. The van der Waals surface area contributed by atoms with Crippen LogP contribution in [0.25, 0.3) is 0 Å². The summed E-state index contributed by atoms with van der Waals surface area (Å²) in [4.78, 5) is 42.9. The number of nitrogen functional groups attached to an aromatic ring is 1. The quantitative estimate of drug-likeness (QED) is 0.411. The minimum Gasteiger partial charge on any atom is -0.497 e. The second kappa shape index (κ2) is 10.6. The highest BCUT2D eigenvalue weighted by atomic mass is 16.5. The van der Waals surface area contributed by atoms with Crippen LogP contribution in [0.3, 0.4) is 0 Å². The minimum atomic E-state index is -0.716. The monoisotopic (exact) mass is 470 g/mol. The lowest BCUT2D eigenvalue weighted by Gasteiger charge is -2.25. The van der Waals surface area contributed by atoms with Crippen LogP contribution in [-0.2, 0) is 24.3 Å². The summed E-state index contributed by atoms with van der Waals surface area (Å²) in [5.74, 6) is 0.209. The van der Waals surface area contributed by atoms with Gasteiger partial charge in [0.05, 0.1) is 26.6 Å². The number of methoxy groups -OCH3 is 1. The zero-order valence-corrected chi connectivity index (χ0v) is 19.3. The van der Waals surface area contributed by atoms with E-state index in [1.807, 2.05) is 66.7 Å². The van der Waals surface area contributed by atoms with Crippen molar-refractivity contribution >= 4 is 17.4 Å². The molecule has 0 aliphatic carbocycles. The molecule has 0 aliphatic heterocycles. The molecule has 8 heteroatoms. The third-order valence-electron chi connectivity index (χ3n) is 5.64. The highest BCUT2D eigenvalue weighted by Gasteiger charge is 2.25. The number of nitrogens with one attached hydrogen (secondary N) is 1. The summed E-state index contributed by atoms with van der Waals surface area (Å²) in [6.45, 7) is 0.263. The predicted octanol–water partition coefficient (Wildman–Crippen LogP) is 2.95. The summed E-state index contributed by atoms with van der Waals surface area (Å²) in [6, 6.07) is 25.7. The number of aromatic nitrogens is 2. The van der Waals surface area contributed by atoms with Gasteiger partial charge in [-0.3, -0.25) is 24.0 Å². The number of benzene rings is 3. The Morgan fingerprint density at radius 2 is 1.54 bits per heavy atom. The van der Waals surface area contributed by atoms with E-state index in [-0.39, 0.29) is 36.9 Å². The number of nitrogens with zero attached hydrogens (tertiary/aromatic N) is 2. The van der Waals surface area contributed by atoms with Gasteiger partial charge in [-0.15, -0.1) is 0 Å². The summed E-state index contributed by atoms with van der Waals surface area (Å²) in [5, 5.41) is 0. The molecule has 0 fully saturated rings. The van der Waals surface area contributed by atoms with E-state index in [9.17, 15) is 14.4 Å². The first kappa shape index (κ1) is 23.6. The van der Waals surface area contributed by atoms with E-state index in [0.717, 1.165) is 16.7 Å². The molecule has 0 bridgehead atoms. The maximum atomic E-state index is 13.6. The smallest absolute Gasteiger partial charge is 0.330 e. The van der Waals surface area contributed by atoms with Crippen molar-refractivity contribution in [3.8, 4) is 5.75 Å². The summed E-state index contributed by atoms with van der Waals surface area (Å²) < 4.78 is 6.53. The van der Waals surface area contributed by atoms with Gasteiger partial charge in [-0.1, -0.05) is 72.8 Å². The number of hydrogen-bond donors (Lipinski definition) is 2. The lowest BCUT2D eigenvalue weighted by molar-refractivity contribution is -0.118. The van der Waals surface area contributed by atoms with Gasteiger partial charge in [0.2, 0.25) is 5.91 Å². The molecule has 0 unspecified atom stereocenters. The van der Waals surface area contributed by atoms with Crippen LogP contribution in [0.1, 0.15) is 16.7 Å². The molecule has 4 rings (SSSR count). The number of nitrogens with two attached hydrogens (primary N) is 1. The standard InChI is InChI=1S/C27H26N4O4/c1-35-22-14-8-13-21(15-22)16-23(32)30(17-19-9-4-2-5-10-19)24-25(28)31(27(34)29-26(24)33)18-20-11-6-3-7-12-20/h2-15H,16-18,28H2,1H3,(H,29,33,34). The molecule has 0 spiro atoms. The first-order valence-corrected chi connectivity index (χ1v) is 11.1. The molecule has 1 amide bonds. The van der Waals surface area contributed by atoms with Gasteiger partial charge in [0.25, 0.3) is 5.56 Å². The molecule has 1 heterocycles. The lowest BCUT2D eigenvalue weighted by atomic mass is 10.1. The molecule has 0 atom stereocenters. The normalized spacial score (nSPS) is 10.7. The minimum absolute atomic E-state index is 0.0146. The van der Waals surface area contributed by atoms with Gasteiger partial charge >= 0.3 is 5.69 Å². The summed E-state index contributed by atoms with van der Waals surface area (Å²) in [7, 11) is 1.55. The van der Waals surface area contributed by atoms with Crippen molar-refractivity contribution in [2.24, 2.45) is 0 Å². The number of H-pyrrole nitrogens is 1. The highest BCUT2D eigenvalue weighted by molar-refractivity contribution is 5.96. The first-order chi connectivity index (χ1) is 17.0. The first-order valence-electron chi connectivity index (χ1n) is 11.1. The van der Waals surface area contributed by atoms with Crippen LogP contribution in [0.15, 0.2) is 94.5 Å². The average molecular weight is 471 g/mol. The van der Waals surface area contributed by atoms with E-state index in [1.54, 1.807) is 25.3 Å². The molecular weight excluding hydrogens is 444 g/mol. The van der Waals surface area contributed by atoms with Gasteiger partial charge in [-0.25, -0.2) is 4.79 Å². The Labute approximate surface area is 202 Å². The molecule has 35 heavy (non-hydrogen) atoms. The third-order valence-corrected chi connectivity index (χ3v) is 5.64. The topological polar surface area (TPSA) is 110 Å². The maximum absolute atomic E-state index is 13.6. The molecule has 8 nitrogen and oxygen atoms in total. The Bertz CT molecular complexity index is 1430. The molecule has 0 saturated carbocycles. The maximum Gasteiger partial charge on any atom is 0.330 e. The molecule has 3 aromatic carbocycles. The zero-order chi connectivity index (χ0) is 24.8. The molecule has 0 radical (unpaired) electrons. The number of rotatable bonds is 8. The van der Waals surface area contributed by atoms with Crippen molar-refractivity contribution in [3.05, 3.63) is 122 Å². The van der Waals surface area contributed by atoms with Gasteiger partial charge in [0.1, 0.15) is 11.6 Å². The fourth-order valence-electron chi connectivity index (χ4n) is 3.87. The van der Waals surface area contributed by atoms with Gasteiger partial charge in [0, 0.05) is 0 Å². The van der Waals surface area contributed by atoms with Crippen molar-refractivity contribution in [1.82, 2.24) is 9.55 Å². The average Bonchev–Trinajstić information content (AvgIpc) is 2.87. The Hall–Kier alpha value is -4.59. The molecule has 4 aromatic rings. The van der Waals surface area contributed by atoms with Crippen LogP contribution in [0, 0.1) is 0 Å². The van der Waals surface area contributed by atoms with E-state index in [1.165, 1.54) is 9.47 Å². The van der Waals surface area contributed by atoms with E-state index < -0.39 is 11.2 Å². The van der Waals surface area contributed by atoms with Crippen molar-refractivity contribution in [2.75, 3.05) is 17.7 Å². The van der Waals surface area contributed by atoms with Crippen molar-refractivity contribution < 1.29 is 9.53 Å². The molecule has 3 N–H and O–H groups in total. The summed E-state index contributed by atoms with van der Waals surface area (Å²) in [5.41, 5.74) is 7.34. The number of aromatic amines is 1. The SMILES string of the molecule is COc1cccc(CC(=O)N(Cc2ccccc2)c2c(N)n(Cc3ccccc3)c(=O)[nH]c2=O)c1. The molecule has 0 aliphatic rings. The van der Waals surface area contributed by atoms with Gasteiger partial charge in [-0.2, -0.15) is 0 Å². The predicted molar refractivity (Wildman–Crippen MR) is 136 cm³/mol. The molecule has 178 valence electrons. The Morgan fingerprint density at radius 1 is 0.914 bits per heavy atom. The second-order valence-corrected chi connectivity index (χ2v) is 8.06. The van der Waals surface area contributed by atoms with Crippen molar-refractivity contribution in [1.29, 1.82) is 0 Å². The van der Waals surface area contributed by atoms with Crippen molar-refractivity contribution in [2.45, 2.75) is 19.5 Å². The number of carbonyl (C=O) groups excluding carboxylic acids is 1. The molecule has 0 saturated heterocycles. The number of anilines is 2. The fourth-order valence-corrected chi connectivity index (χ4v) is 3.87. The van der Waals surface area contributed by atoms with Gasteiger partial charge in [0.15, 0.2) is 5.69 Å². The zero-order valence-electron chi connectivity index (χ0n) is 19.3. The highest BCUT2D eigenvalue weighted by Crippen LogP contribution is 2.22. The van der Waals surface area contributed by atoms with E-state index in [2.05, 4.69) is 4.98 Å². The van der Waals surface area contributed by atoms with E-state index in [0.29, 0.717) is 5.75 Å². The number of carbonyl (C=O) groups is 1. The van der Waals surface area contributed by atoms with E-state index >= 15 is 0 Å². The molecule has 1 aromatic heterocycles. The number of hydrogen-bond acceptors (Lipinski definition) is 5. The Balaban J connectivity index is 1.77. The lowest BCUT2D eigenvalue weighted by Crippen LogP contribution is -2.41. The van der Waals surface area contributed by atoms with Crippen molar-refractivity contribution in [3.63, 3.8) is 0 Å². The van der Waals surface area contributed by atoms with Crippen LogP contribution in [0.2, 0.25) is 0 Å². The van der Waals surface area contributed by atoms with Crippen LogP contribution in [0.5, 0.6) is 5.75 Å². The van der Waals surface area contributed by atoms with Crippen LogP contribution >= 0.6 is 0 Å². The fraction of sp³-hybridized carbons (Fsp3) is 0.148. The Morgan fingerprint density at radius 3 is 2.20 bits per heavy atom. The van der Waals surface area contributed by atoms with Crippen LogP contribution < -0.4 is 26.6 Å². The van der Waals surface area contributed by atoms with E-state index in [4.69, 9.17) is 10.5 Å². The Kier molecular flexibility index (Phi) is 7.11. The largest absolute Gasteiger partial charge is 0.497 e. The van der Waals surface area contributed by atoms with Gasteiger partial charge < -0.3 is 10.5 Å². The summed E-state index contributed by atoms with van der Waals surface area (Å²) >= 11 is 0. The third kappa shape index (κ3) is 5.50.